The van der Waals surface area contributed by atoms with Gasteiger partial charge in [-0.3, -0.25) is 9.13 Å². The molecule has 0 radical (unpaired) electrons. The fourth-order valence-electron chi connectivity index (χ4n) is 17.2. The van der Waals surface area contributed by atoms with Gasteiger partial charge in [-0.05, 0) is 136 Å². The van der Waals surface area contributed by atoms with Crippen LogP contribution in [0.2, 0.25) is 0 Å². The third-order valence-electron chi connectivity index (χ3n) is 22.9. The van der Waals surface area contributed by atoms with Gasteiger partial charge in [0.1, 0.15) is 55.8 Å². The van der Waals surface area contributed by atoms with Crippen LogP contribution in [-0.2, 0) is 0 Å². The Hall–Kier alpha value is -15.6. The summed E-state index contributed by atoms with van der Waals surface area (Å²) in [5, 5.41) is 18.7. The fraction of sp³-hybridized carbons (Fsp3) is 0.0377. The van der Waals surface area contributed by atoms with Crippen LogP contribution in [0.4, 0.5) is 0 Å². The van der Waals surface area contributed by atoms with E-state index in [9.17, 15) is 0 Å². The Balaban J connectivity index is 0.0000000971. The summed E-state index contributed by atoms with van der Waals surface area (Å²) in [6, 6.07) is 117. The highest BCUT2D eigenvalue weighted by molar-refractivity contribution is 7.25. The summed E-state index contributed by atoms with van der Waals surface area (Å²) >= 11 is 1.83. The lowest BCUT2D eigenvalue weighted by Crippen LogP contribution is -2.06. The van der Waals surface area contributed by atoms with Gasteiger partial charge in [0.25, 0.3) is 0 Å². The molecule has 0 fully saturated rings. The van der Waals surface area contributed by atoms with Gasteiger partial charge in [-0.25, -0.2) is 9.97 Å². The number of fused-ring (bicyclic) bond motifs is 25. The number of hydrogen-bond acceptors (Lipinski definition) is 12. The van der Waals surface area contributed by atoms with E-state index in [-0.39, 0.29) is 0 Å². The Morgan fingerprint density at radius 3 is 1.12 bits per heavy atom. The van der Waals surface area contributed by atoms with Gasteiger partial charge in [-0.15, -0.1) is 11.3 Å². The predicted octanol–water partition coefficient (Wildman–Crippen LogP) is 29.1. The number of nitrogens with zero attached hydrogens (tertiary/aromatic N) is 8. The summed E-state index contributed by atoms with van der Waals surface area (Å²) in [5.41, 5.74) is 21.8. The first-order valence-corrected chi connectivity index (χ1v) is 40.8. The van der Waals surface area contributed by atoms with Crippen molar-refractivity contribution in [2.45, 2.75) is 27.7 Å². The molecule has 16 aromatic carbocycles. The topological polar surface area (TPSA) is 153 Å². The molecule has 0 atom stereocenters. The van der Waals surface area contributed by atoms with Crippen molar-refractivity contribution in [3.63, 3.8) is 0 Å². The van der Waals surface area contributed by atoms with Gasteiger partial charge in [0, 0.05) is 130 Å². The molecule has 0 unspecified atom stereocenters. The second kappa shape index (κ2) is 28.1. The molecule has 0 saturated heterocycles. The third kappa shape index (κ3) is 11.9. The maximum absolute atomic E-state index is 6.28. The quantitative estimate of drug-likeness (QED) is 0.156. The highest BCUT2D eigenvalue weighted by Crippen LogP contribution is 2.45. The molecule has 0 aliphatic heterocycles. The van der Waals surface area contributed by atoms with Gasteiger partial charge in [-0.2, -0.15) is 19.9 Å². The van der Waals surface area contributed by atoms with Crippen molar-refractivity contribution in [1.29, 1.82) is 0 Å². The largest absolute Gasteiger partial charge is 0.456 e. The van der Waals surface area contributed by atoms with Crippen LogP contribution < -0.4 is 0 Å². The molecule has 0 saturated carbocycles. The van der Waals surface area contributed by atoms with Crippen LogP contribution in [0.3, 0.4) is 0 Å². The SMILES string of the molecule is Cc1ccc2c(c1)oc1cc3oc4ccccc4c3cc12.Cc1ccc2c3cc4c(cc3n(-c3nc(-c5ccccc5)nc(-c5ccccc5)n3)c2c1)sc1ccccc14.Cc1ccc2oc3cc4oc5ccccc5c4cc3c2c1.Cc1ccc2oc3ccc4c(c5ccccc5n4-c4nc(-c5ccccc5)nc(-c5ccccc5)n4)c3c2c1. The van der Waals surface area contributed by atoms with E-state index in [4.69, 9.17) is 52.0 Å². The van der Waals surface area contributed by atoms with E-state index in [1.165, 1.54) is 53.2 Å². The van der Waals surface area contributed by atoms with Crippen LogP contribution in [0.15, 0.2) is 362 Å². The van der Waals surface area contributed by atoms with E-state index in [0.717, 1.165) is 165 Å². The molecule has 0 bridgehead atoms. The van der Waals surface area contributed by atoms with Gasteiger partial charge < -0.3 is 22.1 Å². The Morgan fingerprint density at radius 1 is 0.200 bits per heavy atom. The van der Waals surface area contributed by atoms with E-state index in [2.05, 4.69) is 201 Å². The third-order valence-corrected chi connectivity index (χ3v) is 24.0. The first kappa shape index (κ1) is 69.8. The molecule has 26 rings (SSSR count). The number of para-hydroxylation sites is 3. The second-order valence-corrected chi connectivity index (χ2v) is 31.8. The maximum Gasteiger partial charge on any atom is 0.238 e. The van der Waals surface area contributed by atoms with Gasteiger partial charge in [0.05, 0.1) is 22.1 Å². The first-order valence-electron chi connectivity index (χ1n) is 40.0. The number of aromatic nitrogens is 8. The minimum atomic E-state index is 0.581. The smallest absolute Gasteiger partial charge is 0.238 e. The average Bonchev–Trinajstić information content (AvgIpc) is 1.55. The summed E-state index contributed by atoms with van der Waals surface area (Å²) in [4.78, 5) is 30.0. The minimum Gasteiger partial charge on any atom is -0.456 e. The van der Waals surface area contributed by atoms with Crippen LogP contribution >= 0.6 is 11.3 Å². The molecule has 14 heteroatoms. The Bertz CT molecular complexity index is 8480. The standard InChI is InChI=1S/C34H22N4O.C34H22N4S.2C19H12O2/c1-21-16-18-28-25(20-21)31-29(39-28)19-17-27-30(31)24-14-8-9-15-26(24)38(27)34-36-32(22-10-4-2-5-11-22)35-33(37-34)23-12-6-3-7-13-23;1-21-16-17-24-26-19-27-25-14-8-9-15-30(25)39-31(27)20-29(26)38(28(24)18-21)34-36-32(22-10-4-2-5-11-22)35-33(37-34)23-12-6-3-7-13-23;1-11-6-7-17-13(8-11)15-9-14-12-4-2-3-5-16(12)20-18(14)10-19(15)21-17;1-11-6-7-13-15-9-14-12-4-2-3-5-16(12)20-18(14)10-19(15)21-17(13)8-11/h2*2-20H,1H3;2*2-10H,1H3. The lowest BCUT2D eigenvalue weighted by molar-refractivity contribution is 0.655. The fourth-order valence-corrected chi connectivity index (χ4v) is 18.3. The first-order chi connectivity index (χ1) is 59.1. The lowest BCUT2D eigenvalue weighted by Gasteiger charge is -2.11. The van der Waals surface area contributed by atoms with Crippen LogP contribution in [0.5, 0.6) is 0 Å². The van der Waals surface area contributed by atoms with E-state index >= 15 is 0 Å². The van der Waals surface area contributed by atoms with Crippen molar-refractivity contribution in [3.05, 3.63) is 362 Å². The summed E-state index contributed by atoms with van der Waals surface area (Å²) in [7, 11) is 0. The number of rotatable bonds is 6. The van der Waals surface area contributed by atoms with Crippen molar-refractivity contribution in [1.82, 2.24) is 39.0 Å². The van der Waals surface area contributed by atoms with Crippen molar-refractivity contribution in [2.75, 3.05) is 0 Å². The Morgan fingerprint density at radius 2 is 0.567 bits per heavy atom. The average molecular weight is 1570 g/mol. The minimum absolute atomic E-state index is 0.581. The molecule has 0 N–H and O–H groups in total. The molecule has 0 spiro atoms. The summed E-state index contributed by atoms with van der Waals surface area (Å²) in [5.74, 6) is 3.78. The van der Waals surface area contributed by atoms with E-state index in [1.807, 2.05) is 187 Å². The molecule has 568 valence electrons. The molecule has 26 aromatic rings. The molecule has 10 heterocycles. The number of furan rings is 5. The molecule has 13 nitrogen and oxygen atoms in total. The summed E-state index contributed by atoms with van der Waals surface area (Å²) < 4.78 is 37.0. The normalized spacial score (nSPS) is 11.8. The Kier molecular flexibility index (Phi) is 16.3. The molecule has 0 aliphatic carbocycles. The highest BCUT2D eigenvalue weighted by Gasteiger charge is 2.25. The predicted molar refractivity (Wildman–Crippen MR) is 491 cm³/mol. The van der Waals surface area contributed by atoms with E-state index in [1.54, 1.807) is 0 Å². The van der Waals surface area contributed by atoms with Crippen LogP contribution in [-0.4, -0.2) is 39.0 Å². The molecule has 0 aliphatic rings. The van der Waals surface area contributed by atoms with Gasteiger partial charge >= 0.3 is 0 Å². The van der Waals surface area contributed by atoms with Gasteiger partial charge in [0.2, 0.25) is 11.9 Å². The summed E-state index contributed by atoms with van der Waals surface area (Å²) in [6.45, 7) is 8.42. The molecule has 120 heavy (non-hydrogen) atoms. The summed E-state index contributed by atoms with van der Waals surface area (Å²) in [6.07, 6.45) is 0. The zero-order valence-electron chi connectivity index (χ0n) is 65.4. The van der Waals surface area contributed by atoms with E-state index < -0.39 is 0 Å². The highest BCUT2D eigenvalue weighted by atomic mass is 32.1. The number of benzene rings is 16. The van der Waals surface area contributed by atoms with Gasteiger partial charge in [0.15, 0.2) is 23.3 Å². The van der Waals surface area contributed by atoms with Crippen LogP contribution in [0.1, 0.15) is 22.3 Å². The van der Waals surface area contributed by atoms with Crippen LogP contribution in [0, 0.1) is 27.7 Å². The molecule has 0 amide bonds. The van der Waals surface area contributed by atoms with Crippen LogP contribution in [0.25, 0.3) is 231 Å². The van der Waals surface area contributed by atoms with Crippen molar-refractivity contribution >= 4 is 185 Å². The van der Waals surface area contributed by atoms with E-state index in [0.29, 0.717) is 35.2 Å². The molecular weight excluding hydrogens is 1500 g/mol. The van der Waals surface area contributed by atoms with Crippen molar-refractivity contribution in [3.8, 4) is 57.4 Å². The maximum atomic E-state index is 6.28. The monoisotopic (exact) mass is 1560 g/mol. The molecular formula is C106H68N8O5S. The Labute approximate surface area is 688 Å². The molecule has 10 aromatic heterocycles. The number of aryl methyl sites for hydroxylation is 4. The number of hydrogen-bond donors (Lipinski definition) is 0. The zero-order chi connectivity index (χ0) is 79.8. The lowest BCUT2D eigenvalue weighted by atomic mass is 10.0. The number of thiophene rings is 1. The van der Waals surface area contributed by atoms with Crippen molar-refractivity contribution < 1.29 is 22.1 Å². The van der Waals surface area contributed by atoms with Crippen molar-refractivity contribution in [2.24, 2.45) is 0 Å². The van der Waals surface area contributed by atoms with Gasteiger partial charge in [-0.1, -0.05) is 242 Å². The zero-order valence-corrected chi connectivity index (χ0v) is 66.2. The second-order valence-electron chi connectivity index (χ2n) is 30.7.